The van der Waals surface area contributed by atoms with E-state index in [2.05, 4.69) is 48.1 Å². The number of nitrogens with zero attached hydrogens (tertiary/aromatic N) is 3. The van der Waals surface area contributed by atoms with Gasteiger partial charge in [-0.1, -0.05) is 23.4 Å². The molecule has 1 N–H and O–H groups in total. The van der Waals surface area contributed by atoms with Crippen LogP contribution in [0.3, 0.4) is 0 Å². The van der Waals surface area contributed by atoms with E-state index in [9.17, 15) is 4.79 Å². The molecule has 1 amide bonds. The lowest BCUT2D eigenvalue weighted by Gasteiger charge is -2.30. The third kappa shape index (κ3) is 6.87. The van der Waals surface area contributed by atoms with Crippen LogP contribution in [0.4, 0.5) is 5.69 Å². The minimum absolute atomic E-state index is 0.240. The molecule has 40 heavy (non-hydrogen) atoms. The Hall–Kier alpha value is -4.17. The Bertz CT molecular complexity index is 1440. The highest BCUT2D eigenvalue weighted by Crippen LogP contribution is 2.32. The van der Waals surface area contributed by atoms with E-state index in [-0.39, 0.29) is 5.91 Å². The van der Waals surface area contributed by atoms with Crippen LogP contribution < -0.4 is 14.8 Å². The number of rotatable bonds is 11. The van der Waals surface area contributed by atoms with Crippen molar-refractivity contribution in [2.24, 2.45) is 0 Å². The van der Waals surface area contributed by atoms with Crippen molar-refractivity contribution in [1.82, 2.24) is 15.0 Å². The van der Waals surface area contributed by atoms with Gasteiger partial charge in [-0.05, 0) is 93.8 Å². The molecule has 8 nitrogen and oxygen atoms in total. The zero-order valence-corrected chi connectivity index (χ0v) is 24.3. The molecule has 1 aromatic heterocycles. The molecule has 210 valence electrons. The van der Waals surface area contributed by atoms with Crippen LogP contribution in [0, 0.1) is 13.8 Å². The number of carbonyl (C=O) groups excluding carboxylic acids is 1. The summed E-state index contributed by atoms with van der Waals surface area (Å²) in [6.45, 7) is 13.7. The largest absolute Gasteiger partial charge is 0.497 e. The third-order valence-corrected chi connectivity index (χ3v) is 6.83. The topological polar surface area (TPSA) is 89.7 Å². The first kappa shape index (κ1) is 28.8. The van der Waals surface area contributed by atoms with Gasteiger partial charge in [0, 0.05) is 36.8 Å². The lowest BCUT2D eigenvalue weighted by atomic mass is 9.96. The summed E-state index contributed by atoms with van der Waals surface area (Å²) in [4.78, 5) is 20.1. The molecule has 0 aliphatic rings. The number of hydrogen-bond donors (Lipinski definition) is 1. The van der Waals surface area contributed by atoms with Gasteiger partial charge in [-0.3, -0.25) is 9.69 Å². The van der Waals surface area contributed by atoms with Gasteiger partial charge in [-0.15, -0.1) is 0 Å². The Morgan fingerprint density at radius 1 is 0.950 bits per heavy atom. The van der Waals surface area contributed by atoms with Gasteiger partial charge in [0.05, 0.1) is 12.7 Å². The van der Waals surface area contributed by atoms with Crippen molar-refractivity contribution >= 4 is 11.6 Å². The molecule has 4 aromatic rings. The van der Waals surface area contributed by atoms with Crippen LogP contribution in [0.15, 0.2) is 65.2 Å². The maximum atomic E-state index is 13.4. The second kappa shape index (κ2) is 12.8. The van der Waals surface area contributed by atoms with Crippen LogP contribution >= 0.6 is 0 Å². The normalized spacial score (nSPS) is 11.3. The summed E-state index contributed by atoms with van der Waals surface area (Å²) >= 11 is 0. The van der Waals surface area contributed by atoms with E-state index in [0.29, 0.717) is 47.4 Å². The molecule has 1 heterocycles. The molecule has 0 atom stereocenters. The van der Waals surface area contributed by atoms with Crippen LogP contribution in [0.5, 0.6) is 11.5 Å². The van der Waals surface area contributed by atoms with E-state index in [1.807, 2.05) is 67.6 Å². The number of benzene rings is 3. The molecule has 0 spiro atoms. The number of anilines is 1. The van der Waals surface area contributed by atoms with Crippen molar-refractivity contribution in [3.63, 3.8) is 0 Å². The smallest absolute Gasteiger partial charge is 0.259 e. The highest BCUT2D eigenvalue weighted by Gasteiger charge is 2.18. The van der Waals surface area contributed by atoms with Gasteiger partial charge >= 0.3 is 0 Å². The van der Waals surface area contributed by atoms with E-state index < -0.39 is 0 Å². The lowest BCUT2D eigenvalue weighted by Crippen LogP contribution is -2.39. The van der Waals surface area contributed by atoms with Crippen molar-refractivity contribution in [3.05, 3.63) is 77.7 Å². The number of hydrogen-bond acceptors (Lipinski definition) is 7. The standard InChI is InChI=1S/C32H38N4O4/c1-20(2)36(21(3)4)16-17-39-30-19-24(28-14-9-25(18-22(28)5)31-33-23(6)40-35-31)8-15-29(30)32(37)34-26-10-12-27(38-7)13-11-26/h8-15,18-21H,16-17H2,1-7H3,(H,34,37). The minimum atomic E-state index is -0.240. The van der Waals surface area contributed by atoms with E-state index in [1.165, 1.54) is 0 Å². The Labute approximate surface area is 236 Å². The second-order valence-corrected chi connectivity index (χ2v) is 10.3. The maximum Gasteiger partial charge on any atom is 0.259 e. The zero-order valence-electron chi connectivity index (χ0n) is 24.3. The van der Waals surface area contributed by atoms with Crippen molar-refractivity contribution in [2.45, 2.75) is 53.6 Å². The summed E-state index contributed by atoms with van der Waals surface area (Å²) in [5.41, 5.74) is 5.06. The quantitative estimate of drug-likeness (QED) is 0.223. The minimum Gasteiger partial charge on any atom is -0.497 e. The number of ether oxygens (including phenoxy) is 2. The number of carbonyl (C=O) groups is 1. The van der Waals surface area contributed by atoms with Crippen LogP contribution in [0.25, 0.3) is 22.5 Å². The molecular formula is C32H38N4O4. The first-order valence-electron chi connectivity index (χ1n) is 13.6. The molecule has 0 saturated carbocycles. The average molecular weight is 543 g/mol. The molecule has 3 aromatic carbocycles. The van der Waals surface area contributed by atoms with Crippen molar-refractivity contribution < 1.29 is 18.8 Å². The Balaban J connectivity index is 1.63. The van der Waals surface area contributed by atoms with Gasteiger partial charge in [0.2, 0.25) is 11.7 Å². The summed E-state index contributed by atoms with van der Waals surface area (Å²) in [6.07, 6.45) is 0. The van der Waals surface area contributed by atoms with E-state index in [0.717, 1.165) is 34.5 Å². The highest BCUT2D eigenvalue weighted by atomic mass is 16.5. The first-order chi connectivity index (χ1) is 19.2. The first-order valence-corrected chi connectivity index (χ1v) is 13.6. The molecule has 0 bridgehead atoms. The fraction of sp³-hybridized carbons (Fsp3) is 0.344. The van der Waals surface area contributed by atoms with Gasteiger partial charge in [0.15, 0.2) is 0 Å². The van der Waals surface area contributed by atoms with Crippen LogP contribution in [0.2, 0.25) is 0 Å². The van der Waals surface area contributed by atoms with Gasteiger partial charge in [0.25, 0.3) is 5.91 Å². The number of methoxy groups -OCH3 is 1. The second-order valence-electron chi connectivity index (χ2n) is 10.3. The molecule has 4 rings (SSSR count). The molecule has 0 radical (unpaired) electrons. The fourth-order valence-electron chi connectivity index (χ4n) is 4.79. The van der Waals surface area contributed by atoms with E-state index >= 15 is 0 Å². The number of aryl methyl sites for hydroxylation is 2. The summed E-state index contributed by atoms with van der Waals surface area (Å²) in [5.74, 6) is 2.10. The van der Waals surface area contributed by atoms with Crippen LogP contribution in [0.1, 0.15) is 49.5 Å². The average Bonchev–Trinajstić information content (AvgIpc) is 3.37. The number of aromatic nitrogens is 2. The summed E-state index contributed by atoms with van der Waals surface area (Å²) < 4.78 is 16.7. The highest BCUT2D eigenvalue weighted by molar-refractivity contribution is 6.06. The Kier molecular flexibility index (Phi) is 9.22. The van der Waals surface area contributed by atoms with E-state index in [4.69, 9.17) is 14.0 Å². The number of amides is 1. The predicted molar refractivity (Wildman–Crippen MR) is 158 cm³/mol. The van der Waals surface area contributed by atoms with Crippen LogP contribution in [-0.4, -0.2) is 53.3 Å². The summed E-state index contributed by atoms with van der Waals surface area (Å²) in [6, 6.07) is 19.8. The van der Waals surface area contributed by atoms with Gasteiger partial charge in [-0.2, -0.15) is 4.98 Å². The SMILES string of the molecule is COc1ccc(NC(=O)c2ccc(-c3ccc(-c4noc(C)n4)cc3C)cc2OCCN(C(C)C)C(C)C)cc1. The molecular weight excluding hydrogens is 504 g/mol. The molecule has 0 aliphatic heterocycles. The molecule has 0 aliphatic carbocycles. The third-order valence-electron chi connectivity index (χ3n) is 6.83. The Morgan fingerprint density at radius 2 is 1.65 bits per heavy atom. The van der Waals surface area contributed by atoms with Crippen molar-refractivity contribution in [3.8, 4) is 34.0 Å². The zero-order chi connectivity index (χ0) is 28.8. The Morgan fingerprint density at radius 3 is 2.25 bits per heavy atom. The monoisotopic (exact) mass is 542 g/mol. The van der Waals surface area contributed by atoms with Gasteiger partial charge in [-0.25, -0.2) is 0 Å². The lowest BCUT2D eigenvalue weighted by molar-refractivity contribution is 0.101. The summed E-state index contributed by atoms with van der Waals surface area (Å²) in [5, 5.41) is 7.01. The predicted octanol–water partition coefficient (Wildman–Crippen LogP) is 6.78. The maximum absolute atomic E-state index is 13.4. The van der Waals surface area contributed by atoms with Crippen molar-refractivity contribution in [1.29, 1.82) is 0 Å². The van der Waals surface area contributed by atoms with Gasteiger partial charge < -0.3 is 19.3 Å². The molecule has 8 heteroatoms. The van der Waals surface area contributed by atoms with E-state index in [1.54, 1.807) is 14.0 Å². The van der Waals surface area contributed by atoms with Crippen LogP contribution in [-0.2, 0) is 0 Å². The molecule has 0 unspecified atom stereocenters. The number of nitrogens with one attached hydrogen (secondary N) is 1. The molecule has 0 saturated heterocycles. The van der Waals surface area contributed by atoms with Gasteiger partial charge in [0.1, 0.15) is 18.1 Å². The molecule has 0 fully saturated rings. The fourth-order valence-corrected chi connectivity index (χ4v) is 4.79. The summed E-state index contributed by atoms with van der Waals surface area (Å²) in [7, 11) is 1.61. The van der Waals surface area contributed by atoms with Crippen molar-refractivity contribution in [2.75, 3.05) is 25.6 Å².